The van der Waals surface area contributed by atoms with Crippen LogP contribution in [0, 0.1) is 5.41 Å². The third kappa shape index (κ3) is 10.5. The molecule has 14 heteroatoms. The summed E-state index contributed by atoms with van der Waals surface area (Å²) in [6.07, 6.45) is 9.65. The van der Waals surface area contributed by atoms with Crippen LogP contribution in [-0.4, -0.2) is 81.4 Å². The predicted molar refractivity (Wildman–Crippen MR) is 227 cm³/mol. The summed E-state index contributed by atoms with van der Waals surface area (Å²) in [6, 6.07) is 17.7. The van der Waals surface area contributed by atoms with Crippen molar-refractivity contribution in [2.75, 3.05) is 0 Å². The molecule has 0 amide bonds. The average Bonchev–Trinajstić information content (AvgIpc) is 3.66. The van der Waals surface area contributed by atoms with E-state index < -0.39 is 0 Å². The Morgan fingerprint density at radius 3 is 1.53 bits per heavy atom. The molecule has 2 saturated heterocycles. The lowest BCUT2D eigenvalue weighted by atomic mass is 9.81. The summed E-state index contributed by atoms with van der Waals surface area (Å²) in [4.78, 5) is 0. The number of ether oxygens (including phenoxy) is 2. The van der Waals surface area contributed by atoms with Crippen molar-refractivity contribution in [1.29, 1.82) is 5.41 Å². The number of hydrogen-bond acceptors (Lipinski definition) is 13. The van der Waals surface area contributed by atoms with Crippen molar-refractivity contribution in [1.82, 2.24) is 41.2 Å². The monoisotopic (exact) mass is 788 g/mol. The largest absolute Gasteiger partial charge is 0.507 e. The molecule has 0 bridgehead atoms. The predicted octanol–water partition coefficient (Wildman–Crippen LogP) is 7.41. The molecule has 2 aliphatic rings. The maximum absolute atomic E-state index is 10.5. The number of phenols is 2. The summed E-state index contributed by atoms with van der Waals surface area (Å²) in [6.45, 7) is 17.5. The molecule has 2 aromatic carbocycles. The zero-order valence-corrected chi connectivity index (χ0v) is 34.6. The van der Waals surface area contributed by atoms with Crippen molar-refractivity contribution in [3.63, 3.8) is 0 Å². The van der Waals surface area contributed by atoms with E-state index in [1.54, 1.807) is 48.8 Å². The molecule has 0 aliphatic carbocycles. The second kappa shape index (κ2) is 16.5. The molecule has 58 heavy (non-hydrogen) atoms. The molecule has 7 rings (SSSR count). The number of aromatic nitrogens is 6. The van der Waals surface area contributed by atoms with Gasteiger partial charge in [-0.15, -0.1) is 20.4 Å². The quantitative estimate of drug-likeness (QED) is 0.0728. The average molecular weight is 789 g/mol. The van der Waals surface area contributed by atoms with Crippen molar-refractivity contribution in [2.24, 2.45) is 5.73 Å². The number of piperidine rings is 2. The fourth-order valence-electron chi connectivity index (χ4n) is 8.51. The Morgan fingerprint density at radius 1 is 0.672 bits per heavy atom. The Kier molecular flexibility index (Phi) is 11.9. The first kappa shape index (κ1) is 41.8. The van der Waals surface area contributed by atoms with Gasteiger partial charge in [0, 0.05) is 101 Å². The number of nitrogens with zero attached hydrogens (tertiary/aromatic N) is 5. The van der Waals surface area contributed by atoms with Crippen molar-refractivity contribution >= 4 is 11.8 Å². The van der Waals surface area contributed by atoms with Gasteiger partial charge in [-0.2, -0.15) is 5.10 Å². The highest BCUT2D eigenvalue weighted by Gasteiger charge is 2.40. The SMILES string of the molecule is CC1(C)CC(Oc2ccc(-c3ccc(-c4cn[nH]c4)cc3O)nn2)CC(C)(C)N1.CC1(C)CC(Oc2ccc(-c3ccc(/C(C=N)=C/N)cc3O)nn2)CC(C)(C)N1. The van der Waals surface area contributed by atoms with Crippen molar-refractivity contribution in [3.8, 4) is 56.9 Å². The molecule has 8 N–H and O–H groups in total. The van der Waals surface area contributed by atoms with Crippen LogP contribution >= 0.6 is 0 Å². The molecular weight excluding hydrogens is 733 g/mol. The highest BCUT2D eigenvalue weighted by Crippen LogP contribution is 2.35. The van der Waals surface area contributed by atoms with E-state index in [1.807, 2.05) is 24.3 Å². The molecule has 2 aliphatic heterocycles. The molecule has 14 nitrogen and oxygen atoms in total. The van der Waals surface area contributed by atoms with Crippen LogP contribution in [0.4, 0.5) is 0 Å². The first-order valence-corrected chi connectivity index (χ1v) is 19.5. The normalized spacial score (nSPS) is 18.7. The third-order valence-electron chi connectivity index (χ3n) is 10.2. The van der Waals surface area contributed by atoms with Crippen LogP contribution in [0.1, 0.15) is 86.6 Å². The lowest BCUT2D eigenvalue weighted by molar-refractivity contribution is 0.0518. The number of nitrogens with one attached hydrogen (secondary N) is 4. The standard InChI is InChI=1S/C22H27N5O2.C22H29N5O2/c1-21(2)10-16(11-22(3,4)27-21)29-20-8-7-18(25-26-20)17-6-5-14(9-19(17)28)15-12-23-24-13-15;1-21(2)10-16(11-22(3,4)27-21)29-20-8-7-18(25-26-20)17-6-5-14(9-19(17)28)15(12-23)13-24/h5-9,12-13,16,27-28H,10-11H2,1-4H3,(H,23,24);5-9,12-13,16,23,27-28H,10-11,24H2,1-4H3/b;15-13+,23-12?. The fraction of sp³-hybridized carbons (Fsp3) is 0.409. The first-order chi connectivity index (χ1) is 27.3. The van der Waals surface area contributed by atoms with E-state index in [9.17, 15) is 10.2 Å². The van der Waals surface area contributed by atoms with Gasteiger partial charge in [-0.3, -0.25) is 5.10 Å². The molecular formula is C44H56N10O4. The van der Waals surface area contributed by atoms with Gasteiger partial charge in [-0.05, 0) is 103 Å². The van der Waals surface area contributed by atoms with Crippen molar-refractivity contribution < 1.29 is 19.7 Å². The van der Waals surface area contributed by atoms with Crippen molar-refractivity contribution in [2.45, 2.75) is 115 Å². The van der Waals surface area contributed by atoms with Gasteiger partial charge in [0.25, 0.3) is 0 Å². The first-order valence-electron chi connectivity index (χ1n) is 19.5. The van der Waals surface area contributed by atoms with Crippen LogP contribution < -0.4 is 25.8 Å². The van der Waals surface area contributed by atoms with Gasteiger partial charge in [0.2, 0.25) is 11.8 Å². The Balaban J connectivity index is 0.000000196. The molecule has 5 aromatic rings. The lowest BCUT2D eigenvalue weighted by Crippen LogP contribution is -2.60. The van der Waals surface area contributed by atoms with E-state index in [4.69, 9.17) is 20.6 Å². The minimum absolute atomic E-state index is 0.00229. The third-order valence-corrected chi connectivity index (χ3v) is 10.2. The molecule has 5 heterocycles. The van der Waals surface area contributed by atoms with E-state index in [0.29, 0.717) is 45.4 Å². The molecule has 0 atom stereocenters. The highest BCUT2D eigenvalue weighted by molar-refractivity contribution is 6.08. The second-order valence-electron chi connectivity index (χ2n) is 17.8. The van der Waals surface area contributed by atoms with Gasteiger partial charge in [0.15, 0.2) is 0 Å². The lowest BCUT2D eigenvalue weighted by Gasteiger charge is -2.46. The Morgan fingerprint density at radius 2 is 1.16 bits per heavy atom. The van der Waals surface area contributed by atoms with Crippen LogP contribution in [0.5, 0.6) is 23.3 Å². The van der Waals surface area contributed by atoms with Crippen LogP contribution in [0.2, 0.25) is 0 Å². The summed E-state index contributed by atoms with van der Waals surface area (Å²) in [5, 5.41) is 59.1. The van der Waals surface area contributed by atoms with E-state index in [-0.39, 0.29) is 45.9 Å². The number of benzene rings is 2. The molecule has 0 unspecified atom stereocenters. The van der Waals surface area contributed by atoms with Crippen LogP contribution in [0.25, 0.3) is 39.2 Å². The van der Waals surface area contributed by atoms with Crippen LogP contribution in [0.15, 0.2) is 79.3 Å². The number of phenolic OH excluding ortho intramolecular Hbond substituents is 2. The van der Waals surface area contributed by atoms with E-state index in [2.05, 4.69) is 96.6 Å². The van der Waals surface area contributed by atoms with Gasteiger partial charge >= 0.3 is 0 Å². The maximum atomic E-state index is 10.5. The maximum Gasteiger partial charge on any atom is 0.233 e. The molecule has 306 valence electrons. The zero-order valence-electron chi connectivity index (χ0n) is 34.6. The Labute approximate surface area is 340 Å². The number of nitrogens with two attached hydrogens (primary N) is 1. The molecule has 2 fully saturated rings. The van der Waals surface area contributed by atoms with E-state index >= 15 is 0 Å². The van der Waals surface area contributed by atoms with Crippen LogP contribution in [0.3, 0.4) is 0 Å². The minimum Gasteiger partial charge on any atom is -0.507 e. The summed E-state index contributed by atoms with van der Waals surface area (Å²) in [5.41, 5.74) is 10.8. The second-order valence-corrected chi connectivity index (χ2v) is 17.8. The van der Waals surface area contributed by atoms with Crippen LogP contribution in [-0.2, 0) is 0 Å². The highest BCUT2D eigenvalue weighted by atomic mass is 16.5. The van der Waals surface area contributed by atoms with Crippen molar-refractivity contribution in [3.05, 3.63) is 84.8 Å². The topological polar surface area (TPSA) is 213 Å². The zero-order chi connectivity index (χ0) is 41.9. The molecule has 0 saturated carbocycles. The number of rotatable bonds is 9. The summed E-state index contributed by atoms with van der Waals surface area (Å²) >= 11 is 0. The summed E-state index contributed by atoms with van der Waals surface area (Å²) in [5.74, 6) is 1.17. The Bertz CT molecular complexity index is 2180. The summed E-state index contributed by atoms with van der Waals surface area (Å²) in [7, 11) is 0. The van der Waals surface area contributed by atoms with Gasteiger partial charge in [-0.1, -0.05) is 12.1 Å². The Hall–Kier alpha value is -5.86. The minimum atomic E-state index is -0.0133. The smallest absolute Gasteiger partial charge is 0.233 e. The van der Waals surface area contributed by atoms with Gasteiger partial charge < -0.3 is 41.5 Å². The fourth-order valence-corrected chi connectivity index (χ4v) is 8.51. The molecule has 0 spiro atoms. The molecule has 0 radical (unpaired) electrons. The number of H-pyrrole nitrogens is 1. The van der Waals surface area contributed by atoms with Gasteiger partial charge in [0.1, 0.15) is 23.7 Å². The number of aromatic hydroxyl groups is 2. The van der Waals surface area contributed by atoms with E-state index in [0.717, 1.165) is 43.0 Å². The van der Waals surface area contributed by atoms with E-state index in [1.165, 1.54) is 6.20 Å². The number of aromatic amines is 1. The van der Waals surface area contributed by atoms with Gasteiger partial charge in [0.05, 0.1) is 17.6 Å². The number of hydrogen-bond donors (Lipinski definition) is 7. The summed E-state index contributed by atoms with van der Waals surface area (Å²) < 4.78 is 12.2. The number of allylic oxidation sites excluding steroid dienone is 1. The van der Waals surface area contributed by atoms with Gasteiger partial charge in [-0.25, -0.2) is 0 Å². The molecule has 3 aromatic heterocycles.